The average Bonchev–Trinajstić information content (AvgIpc) is 3.74. The number of hydrogen-bond acceptors (Lipinski definition) is 15. The van der Waals surface area contributed by atoms with Crippen molar-refractivity contribution in [3.63, 3.8) is 0 Å². The Labute approximate surface area is 359 Å². The van der Waals surface area contributed by atoms with E-state index in [0.29, 0.717) is 70.8 Å². The summed E-state index contributed by atoms with van der Waals surface area (Å²) in [5, 5.41) is 14.4. The number of benzene rings is 3. The van der Waals surface area contributed by atoms with Gasteiger partial charge < -0.3 is 37.9 Å². The second kappa shape index (κ2) is 15.8. The normalized spacial score (nSPS) is 27.0. The molecular weight excluding hydrogens is 801 g/mol. The van der Waals surface area contributed by atoms with Crippen LogP contribution in [0.15, 0.2) is 43.5 Å². The van der Waals surface area contributed by atoms with Crippen LogP contribution in [0.2, 0.25) is 0 Å². The van der Waals surface area contributed by atoms with E-state index in [-0.39, 0.29) is 44.5 Å². The quantitative estimate of drug-likeness (QED) is 0.159. The Morgan fingerprint density at radius 1 is 1.00 bits per heavy atom. The van der Waals surface area contributed by atoms with Crippen LogP contribution >= 0.6 is 11.8 Å². The summed E-state index contributed by atoms with van der Waals surface area (Å²) in [6, 6.07) is 6.20. The zero-order valence-electron chi connectivity index (χ0n) is 35.3. The Kier molecular flexibility index (Phi) is 10.6. The fourth-order valence-electron chi connectivity index (χ4n) is 10.7. The maximum Gasteiger partial charge on any atom is 0.331 e. The molecule has 10 rings (SSSR count). The summed E-state index contributed by atoms with van der Waals surface area (Å²) < 4.78 is 49.7. The molecule has 0 amide bonds. The molecule has 2 saturated heterocycles. The minimum absolute atomic E-state index is 0.0454. The molecule has 1 unspecified atom stereocenters. The van der Waals surface area contributed by atoms with Gasteiger partial charge in [0.2, 0.25) is 6.79 Å². The number of fused-ring (bicyclic) bond motifs is 9. The monoisotopic (exact) mass is 850 g/mol. The molecular formula is C46H50N4O10S. The Hall–Kier alpha value is -5.40. The molecule has 7 heterocycles. The van der Waals surface area contributed by atoms with Crippen molar-refractivity contribution in [1.82, 2.24) is 15.1 Å². The lowest BCUT2D eigenvalue weighted by Gasteiger charge is -2.62. The maximum absolute atomic E-state index is 15.0. The second-order valence-electron chi connectivity index (χ2n) is 16.2. The van der Waals surface area contributed by atoms with Crippen molar-refractivity contribution in [2.24, 2.45) is 0 Å². The van der Waals surface area contributed by atoms with E-state index in [9.17, 15) is 10.1 Å². The predicted octanol–water partition coefficient (Wildman–Crippen LogP) is 5.71. The molecule has 3 aromatic carbocycles. The highest BCUT2D eigenvalue weighted by molar-refractivity contribution is 7.99. The zero-order valence-corrected chi connectivity index (χ0v) is 36.1. The fourth-order valence-corrected chi connectivity index (χ4v) is 12.4. The average molecular weight is 851 g/mol. The van der Waals surface area contributed by atoms with Gasteiger partial charge in [0.25, 0.3) is 0 Å². The first kappa shape index (κ1) is 41.0. The van der Waals surface area contributed by atoms with Gasteiger partial charge in [0, 0.05) is 53.6 Å². The molecule has 15 heteroatoms. The lowest BCUT2D eigenvalue weighted by atomic mass is 9.71. The third-order valence-corrected chi connectivity index (χ3v) is 14.6. The first-order chi connectivity index (χ1) is 29.5. The molecule has 0 saturated carbocycles. The van der Waals surface area contributed by atoms with Crippen molar-refractivity contribution >= 4 is 23.7 Å². The van der Waals surface area contributed by atoms with E-state index < -0.39 is 40.9 Å². The van der Waals surface area contributed by atoms with Crippen LogP contribution in [0.3, 0.4) is 0 Å². The van der Waals surface area contributed by atoms with Crippen molar-refractivity contribution in [2.75, 3.05) is 60.2 Å². The number of nitrogens with zero attached hydrogens (tertiary/aromatic N) is 3. The summed E-state index contributed by atoms with van der Waals surface area (Å²) in [5.74, 6) is 2.85. The van der Waals surface area contributed by atoms with Gasteiger partial charge in [-0.1, -0.05) is 31.4 Å². The molecule has 0 aliphatic carbocycles. The van der Waals surface area contributed by atoms with E-state index in [1.54, 1.807) is 38.1 Å². The molecule has 1 N–H and O–H groups in total. The highest BCUT2D eigenvalue weighted by Gasteiger charge is 2.62. The molecule has 7 atom stereocenters. The number of carbonyl (C=O) groups is 2. The van der Waals surface area contributed by atoms with Crippen LogP contribution in [0, 0.1) is 25.2 Å². The molecule has 7 aliphatic heterocycles. The number of methoxy groups -OCH3 is 2. The molecule has 7 aliphatic rings. The van der Waals surface area contributed by atoms with Crippen LogP contribution in [-0.2, 0) is 32.7 Å². The molecule has 320 valence electrons. The number of likely N-dealkylation sites (N-methyl/N-ethyl adjacent to an activating group) is 1. The minimum Gasteiger partial charge on any atom is -0.493 e. The van der Waals surface area contributed by atoms with Gasteiger partial charge >= 0.3 is 11.9 Å². The van der Waals surface area contributed by atoms with Crippen molar-refractivity contribution in [3.05, 3.63) is 88.0 Å². The number of esters is 2. The van der Waals surface area contributed by atoms with Gasteiger partial charge in [-0.25, -0.2) is 4.79 Å². The number of aryl methyl sites for hydroxylation is 1. The summed E-state index contributed by atoms with van der Waals surface area (Å²) in [5.41, 5.74) is 5.33. The number of piperazine rings is 1. The molecule has 0 radical (unpaired) electrons. The number of ether oxygens (including phenoxy) is 8. The van der Waals surface area contributed by atoms with Gasteiger partial charge in [-0.3, -0.25) is 19.9 Å². The van der Waals surface area contributed by atoms with Crippen molar-refractivity contribution in [3.8, 4) is 46.3 Å². The van der Waals surface area contributed by atoms with Gasteiger partial charge in [0.15, 0.2) is 40.0 Å². The number of rotatable bonds is 9. The van der Waals surface area contributed by atoms with Crippen LogP contribution in [0.4, 0.5) is 0 Å². The highest BCUT2D eigenvalue weighted by Crippen LogP contribution is 2.65. The third-order valence-electron chi connectivity index (χ3n) is 13.1. The topological polar surface area (TPSA) is 150 Å². The molecule has 61 heavy (non-hydrogen) atoms. The first-order valence-corrected chi connectivity index (χ1v) is 21.5. The van der Waals surface area contributed by atoms with E-state index in [1.807, 2.05) is 26.0 Å². The number of carbonyl (C=O) groups excluding carboxylic acids is 2. The van der Waals surface area contributed by atoms with E-state index >= 15 is 4.79 Å². The summed E-state index contributed by atoms with van der Waals surface area (Å²) in [7, 11) is 5.28. The largest absolute Gasteiger partial charge is 0.493 e. The second-order valence-corrected chi connectivity index (χ2v) is 17.4. The Morgan fingerprint density at radius 2 is 1.77 bits per heavy atom. The number of nitrogens with one attached hydrogen (secondary N) is 1. The van der Waals surface area contributed by atoms with Crippen molar-refractivity contribution in [1.29, 1.82) is 5.26 Å². The SMILES string of the molecule is C=CCOc1cc2c(cc1OC)[C@@]1(CS[C@@H]3c4c(OC(C)=O)c(C)c5c(c4[C@H](COC1=O)N1C3[C@H]3c4c(cc(C)c(OC)c4OCC=C)C[C@@H]([C@@H]1C#N)N3C)OCO5)NCC2. The summed E-state index contributed by atoms with van der Waals surface area (Å²) >= 11 is 1.55. The molecule has 0 aromatic heterocycles. The van der Waals surface area contributed by atoms with E-state index in [0.717, 1.165) is 33.4 Å². The van der Waals surface area contributed by atoms with Crippen LogP contribution < -0.4 is 38.5 Å². The Morgan fingerprint density at radius 3 is 2.49 bits per heavy atom. The van der Waals surface area contributed by atoms with Gasteiger partial charge in [-0.2, -0.15) is 5.26 Å². The zero-order chi connectivity index (χ0) is 42.9. The highest BCUT2D eigenvalue weighted by atomic mass is 32.2. The molecule has 14 nitrogen and oxygen atoms in total. The summed E-state index contributed by atoms with van der Waals surface area (Å²) in [6.45, 7) is 13.8. The van der Waals surface area contributed by atoms with Crippen LogP contribution in [0.1, 0.15) is 68.8 Å². The summed E-state index contributed by atoms with van der Waals surface area (Å²) in [6.07, 6.45) is 4.58. The predicted molar refractivity (Wildman–Crippen MR) is 226 cm³/mol. The number of hydrogen-bond donors (Lipinski definition) is 1. The van der Waals surface area contributed by atoms with Gasteiger partial charge in [-0.05, 0) is 68.1 Å². The maximum atomic E-state index is 15.0. The van der Waals surface area contributed by atoms with Crippen LogP contribution in [0.25, 0.3) is 0 Å². The third kappa shape index (κ3) is 6.16. The van der Waals surface area contributed by atoms with Crippen molar-refractivity contribution in [2.45, 2.75) is 74.6 Å². The smallest absolute Gasteiger partial charge is 0.331 e. The van der Waals surface area contributed by atoms with Crippen LogP contribution in [0.5, 0.6) is 40.2 Å². The molecule has 3 aromatic rings. The Bertz CT molecular complexity index is 2400. The van der Waals surface area contributed by atoms with Gasteiger partial charge in [0.05, 0.1) is 37.6 Å². The van der Waals surface area contributed by atoms with Gasteiger partial charge in [-0.15, -0.1) is 11.8 Å². The number of thioether (sulfide) groups is 1. The van der Waals surface area contributed by atoms with Gasteiger partial charge in [0.1, 0.15) is 31.6 Å². The van der Waals surface area contributed by atoms with Crippen molar-refractivity contribution < 1.29 is 47.5 Å². The molecule has 4 bridgehead atoms. The number of nitriles is 1. The van der Waals surface area contributed by atoms with Crippen LogP contribution in [-0.4, -0.2) is 100 Å². The fraction of sp³-hybridized carbons (Fsp3) is 0.457. The minimum atomic E-state index is -1.32. The lowest BCUT2D eigenvalue weighted by Crippen LogP contribution is -2.69. The standard InChI is InChI=1S/C46H50N4O10S/c1-9-13-55-33-17-26-11-12-48-46(28(26)18-32(33)53-7)21-61-44-36-35(43-41(58-22-59-43)24(4)40(36)60-25(5)51)31(20-57-45(46)52)50-30(19-47)29-16-27-15-23(3)39(54-8)42(56-14-10-2)34(27)37(38(44)50)49(29)6/h9-10,15,17-18,29-31,37-38,44,48H,1-2,11-14,16,20-22H2,3-8H3/t29-,30-,31-,37+,38?,44+,46+/m0/s1. The molecule has 2 fully saturated rings. The summed E-state index contributed by atoms with van der Waals surface area (Å²) in [4.78, 5) is 32.7. The van der Waals surface area contributed by atoms with E-state index in [2.05, 4.69) is 47.5 Å². The molecule has 1 spiro atoms. The first-order valence-electron chi connectivity index (χ1n) is 20.5. The van der Waals surface area contributed by atoms with E-state index in [4.69, 9.17) is 37.9 Å². The lowest BCUT2D eigenvalue weighted by molar-refractivity contribution is -0.157. The Balaban J connectivity index is 1.32. The van der Waals surface area contributed by atoms with E-state index in [1.165, 1.54) is 6.92 Å².